The quantitative estimate of drug-likeness (QED) is 0.219. The predicted octanol–water partition coefficient (Wildman–Crippen LogP) is 4.25. The third kappa shape index (κ3) is 3.55. The molecule has 1 aliphatic rings. The van der Waals surface area contributed by atoms with E-state index in [4.69, 9.17) is 16.3 Å². The van der Waals surface area contributed by atoms with Gasteiger partial charge in [-0.25, -0.2) is 14.8 Å². The number of esters is 1. The maximum atomic E-state index is 12.1. The summed E-state index contributed by atoms with van der Waals surface area (Å²) in [6.07, 6.45) is 5.23. The van der Waals surface area contributed by atoms with Crippen LogP contribution in [0.1, 0.15) is 34.9 Å². The molecule has 0 saturated heterocycles. The van der Waals surface area contributed by atoms with Crippen molar-refractivity contribution < 1.29 is 14.5 Å². The Morgan fingerprint density at radius 3 is 2.75 bits per heavy atom. The van der Waals surface area contributed by atoms with E-state index in [1.54, 1.807) is 6.20 Å². The van der Waals surface area contributed by atoms with Gasteiger partial charge in [0.1, 0.15) is 15.0 Å². The zero-order chi connectivity index (χ0) is 19.8. The molecule has 4 rings (SSSR count). The first-order valence-corrected chi connectivity index (χ1v) is 9.99. The number of halogens is 2. The molecule has 0 bridgehead atoms. The topological polar surface area (TPSA) is 99.6 Å². The van der Waals surface area contributed by atoms with Crippen molar-refractivity contribution in [1.82, 2.24) is 14.4 Å². The van der Waals surface area contributed by atoms with Crippen molar-refractivity contribution in [3.63, 3.8) is 0 Å². The number of nitro groups is 1. The van der Waals surface area contributed by atoms with Crippen LogP contribution in [0.3, 0.4) is 0 Å². The van der Waals surface area contributed by atoms with Crippen LogP contribution >= 0.6 is 34.2 Å². The monoisotopic (exact) mass is 512 g/mol. The van der Waals surface area contributed by atoms with Crippen LogP contribution in [0.4, 0.5) is 5.69 Å². The van der Waals surface area contributed by atoms with Crippen molar-refractivity contribution in [2.45, 2.75) is 18.8 Å². The molecule has 2 aromatic heterocycles. The highest BCUT2D eigenvalue weighted by Crippen LogP contribution is 2.42. The number of nitrogens with zero attached hydrogens (tertiary/aromatic N) is 4. The molecule has 8 nitrogen and oxygen atoms in total. The summed E-state index contributed by atoms with van der Waals surface area (Å²) >= 11 is 8.32. The van der Waals surface area contributed by atoms with E-state index in [9.17, 15) is 14.9 Å². The number of fused-ring (bicyclic) bond motifs is 1. The fourth-order valence-corrected chi connectivity index (χ4v) is 4.51. The van der Waals surface area contributed by atoms with Gasteiger partial charge in [-0.05, 0) is 53.5 Å². The van der Waals surface area contributed by atoms with Gasteiger partial charge in [0.05, 0.1) is 17.1 Å². The summed E-state index contributed by atoms with van der Waals surface area (Å²) in [6.45, 7) is 0.315. The molecule has 0 N–H and O–H groups in total. The van der Waals surface area contributed by atoms with E-state index in [-0.39, 0.29) is 17.5 Å². The Morgan fingerprint density at radius 1 is 1.36 bits per heavy atom. The average molecular weight is 513 g/mol. The third-order valence-corrected chi connectivity index (χ3v) is 5.89. The van der Waals surface area contributed by atoms with Gasteiger partial charge in [0.25, 0.3) is 5.69 Å². The molecule has 1 aliphatic carbocycles. The number of nitro benzene ring substituents is 1. The van der Waals surface area contributed by atoms with Crippen LogP contribution in [0.5, 0.6) is 0 Å². The first-order chi connectivity index (χ1) is 13.4. The second kappa shape index (κ2) is 7.63. The number of hydrogen-bond acceptors (Lipinski definition) is 6. The van der Waals surface area contributed by atoms with Crippen molar-refractivity contribution in [2.24, 2.45) is 5.92 Å². The predicted molar refractivity (Wildman–Crippen MR) is 110 cm³/mol. The van der Waals surface area contributed by atoms with Gasteiger partial charge in [0.15, 0.2) is 5.15 Å². The lowest BCUT2D eigenvalue weighted by Gasteiger charge is -2.33. The number of carbonyl (C=O) groups is 1. The highest BCUT2D eigenvalue weighted by atomic mass is 127. The number of ether oxygens (including phenoxy) is 1. The van der Waals surface area contributed by atoms with Gasteiger partial charge in [-0.15, -0.1) is 0 Å². The molecular formula is C18H14ClIN4O4. The van der Waals surface area contributed by atoms with Gasteiger partial charge < -0.3 is 4.74 Å². The normalized spacial score (nSPS) is 18.6. The Morgan fingerprint density at radius 2 is 2.07 bits per heavy atom. The number of carbonyl (C=O) groups excluding carboxylic acids is 1. The SMILES string of the molecule is O=C(OC[C@H]1C[C@H](c2nc(I)c3c(Cl)nccn32)C1)c1ccc([N+](=O)[O-])cc1. The molecule has 2 heterocycles. The van der Waals surface area contributed by atoms with Crippen LogP contribution in [-0.4, -0.2) is 31.9 Å². The highest BCUT2D eigenvalue weighted by molar-refractivity contribution is 14.1. The molecule has 0 aliphatic heterocycles. The van der Waals surface area contributed by atoms with Gasteiger partial charge in [-0.1, -0.05) is 11.6 Å². The minimum absolute atomic E-state index is 0.0600. The molecule has 1 saturated carbocycles. The van der Waals surface area contributed by atoms with E-state index in [1.807, 2.05) is 10.6 Å². The zero-order valence-electron chi connectivity index (χ0n) is 14.4. The van der Waals surface area contributed by atoms with E-state index >= 15 is 0 Å². The lowest BCUT2D eigenvalue weighted by Crippen LogP contribution is -2.28. The standard InChI is InChI=1S/C18H14ClIN4O4/c19-15-14-16(20)22-17(23(14)6-5-21-15)12-7-10(8-12)9-28-18(25)11-1-3-13(4-2-11)24(26)27/h1-6,10,12H,7-9H2/t10-,12-. The van der Waals surface area contributed by atoms with Gasteiger partial charge in [-0.2, -0.15) is 0 Å². The number of aromatic nitrogens is 3. The molecule has 0 radical (unpaired) electrons. The number of hydrogen-bond donors (Lipinski definition) is 0. The zero-order valence-corrected chi connectivity index (χ0v) is 17.3. The highest BCUT2D eigenvalue weighted by Gasteiger charge is 2.34. The van der Waals surface area contributed by atoms with Crippen molar-refractivity contribution in [1.29, 1.82) is 0 Å². The number of imidazole rings is 1. The fraction of sp³-hybridized carbons (Fsp3) is 0.278. The van der Waals surface area contributed by atoms with Crippen LogP contribution in [-0.2, 0) is 4.74 Å². The molecule has 0 amide bonds. The molecule has 0 spiro atoms. The second-order valence-corrected chi connectivity index (χ2v) is 8.01. The van der Waals surface area contributed by atoms with Crippen molar-refractivity contribution in [3.8, 4) is 0 Å². The molecule has 144 valence electrons. The maximum absolute atomic E-state index is 12.1. The third-order valence-electron chi connectivity index (χ3n) is 4.86. The van der Waals surface area contributed by atoms with E-state index in [0.29, 0.717) is 17.3 Å². The lowest BCUT2D eigenvalue weighted by atomic mass is 9.75. The second-order valence-electron chi connectivity index (χ2n) is 6.63. The number of non-ortho nitro benzene ring substituents is 1. The molecule has 0 atom stereocenters. The van der Waals surface area contributed by atoms with Crippen LogP contribution in [0.15, 0.2) is 36.7 Å². The van der Waals surface area contributed by atoms with Gasteiger partial charge >= 0.3 is 5.97 Å². The van der Waals surface area contributed by atoms with Gasteiger partial charge in [-0.3, -0.25) is 14.5 Å². The van der Waals surface area contributed by atoms with Crippen LogP contribution < -0.4 is 0 Å². The van der Waals surface area contributed by atoms with Gasteiger partial charge in [0, 0.05) is 30.4 Å². The van der Waals surface area contributed by atoms with Crippen LogP contribution in [0.2, 0.25) is 5.15 Å². The Balaban J connectivity index is 1.34. The Bertz CT molecular complexity index is 1060. The molecule has 3 aromatic rings. The molecular weight excluding hydrogens is 499 g/mol. The van der Waals surface area contributed by atoms with E-state index in [1.165, 1.54) is 24.3 Å². The first-order valence-electron chi connectivity index (χ1n) is 8.53. The van der Waals surface area contributed by atoms with E-state index < -0.39 is 10.9 Å². The molecule has 28 heavy (non-hydrogen) atoms. The number of benzene rings is 1. The fourth-order valence-electron chi connectivity index (χ4n) is 3.35. The summed E-state index contributed by atoms with van der Waals surface area (Å²) in [4.78, 5) is 31.0. The Labute approximate surface area is 178 Å². The average Bonchev–Trinajstić information content (AvgIpc) is 2.98. The van der Waals surface area contributed by atoms with Crippen LogP contribution in [0, 0.1) is 19.7 Å². The summed E-state index contributed by atoms with van der Waals surface area (Å²) in [5, 5.41) is 11.1. The minimum atomic E-state index is -0.507. The summed E-state index contributed by atoms with van der Waals surface area (Å²) in [6, 6.07) is 5.39. The molecule has 1 aromatic carbocycles. The molecule has 0 unspecified atom stereocenters. The largest absolute Gasteiger partial charge is 0.462 e. The maximum Gasteiger partial charge on any atom is 0.338 e. The number of rotatable bonds is 5. The molecule has 10 heteroatoms. The summed E-state index contributed by atoms with van der Waals surface area (Å²) < 4.78 is 8.15. The summed E-state index contributed by atoms with van der Waals surface area (Å²) in [7, 11) is 0. The summed E-state index contributed by atoms with van der Waals surface area (Å²) in [5.74, 6) is 1.01. The minimum Gasteiger partial charge on any atom is -0.462 e. The summed E-state index contributed by atoms with van der Waals surface area (Å²) in [5.41, 5.74) is 1.06. The Kier molecular flexibility index (Phi) is 5.19. The van der Waals surface area contributed by atoms with Crippen molar-refractivity contribution in [2.75, 3.05) is 6.61 Å². The smallest absolute Gasteiger partial charge is 0.338 e. The van der Waals surface area contributed by atoms with Gasteiger partial charge in [0.2, 0.25) is 0 Å². The van der Waals surface area contributed by atoms with Crippen molar-refractivity contribution >= 4 is 51.4 Å². The first kappa shape index (κ1) is 19.1. The van der Waals surface area contributed by atoms with Crippen molar-refractivity contribution in [3.05, 3.63) is 67.0 Å². The Hall–Kier alpha value is -2.27. The van der Waals surface area contributed by atoms with E-state index in [0.717, 1.165) is 27.9 Å². The van der Waals surface area contributed by atoms with Crippen LogP contribution in [0.25, 0.3) is 5.52 Å². The molecule has 1 fully saturated rings. The van der Waals surface area contributed by atoms with E-state index in [2.05, 4.69) is 32.6 Å². The lowest BCUT2D eigenvalue weighted by molar-refractivity contribution is -0.384.